The molecule has 0 amide bonds. The Morgan fingerprint density at radius 1 is 1.00 bits per heavy atom. The van der Waals surface area contributed by atoms with Crippen LogP contribution in [0.25, 0.3) is 0 Å². The molecule has 0 unspecified atom stereocenters. The van der Waals surface area contributed by atoms with Crippen molar-refractivity contribution in [2.75, 3.05) is 5.73 Å². The van der Waals surface area contributed by atoms with Crippen molar-refractivity contribution < 1.29 is 9.53 Å². The van der Waals surface area contributed by atoms with E-state index in [1.54, 1.807) is 0 Å². The second-order valence-electron chi connectivity index (χ2n) is 6.16. The predicted octanol–water partition coefficient (Wildman–Crippen LogP) is 3.39. The molecule has 3 nitrogen and oxygen atoms in total. The number of rotatable bonds is 2. The molecule has 0 radical (unpaired) electrons. The molecule has 106 valence electrons. The molecule has 2 N–H and O–H groups in total. The molecule has 0 fully saturated rings. The van der Waals surface area contributed by atoms with E-state index in [0.717, 1.165) is 16.7 Å². The molecule has 0 heterocycles. The molecule has 0 aliphatic rings. The van der Waals surface area contributed by atoms with Gasteiger partial charge in [0.15, 0.2) is 0 Å². The van der Waals surface area contributed by atoms with E-state index in [0.29, 0.717) is 5.69 Å². The van der Waals surface area contributed by atoms with Gasteiger partial charge >= 0.3 is 5.97 Å². The summed E-state index contributed by atoms with van der Waals surface area (Å²) in [5.74, 6) is -0.232. The molecular formula is C16H25NO2. The fourth-order valence-corrected chi connectivity index (χ4v) is 2.17. The van der Waals surface area contributed by atoms with Crippen LogP contribution < -0.4 is 5.73 Å². The van der Waals surface area contributed by atoms with Crippen LogP contribution in [0.5, 0.6) is 0 Å². The lowest BCUT2D eigenvalue weighted by Gasteiger charge is -2.22. The van der Waals surface area contributed by atoms with Gasteiger partial charge in [-0.2, -0.15) is 0 Å². The van der Waals surface area contributed by atoms with Crippen LogP contribution in [0.1, 0.15) is 48.6 Å². The fourth-order valence-electron chi connectivity index (χ4n) is 2.17. The van der Waals surface area contributed by atoms with Crippen molar-refractivity contribution in [3.05, 3.63) is 27.8 Å². The zero-order valence-corrected chi connectivity index (χ0v) is 13.1. The van der Waals surface area contributed by atoms with Gasteiger partial charge in [0.2, 0.25) is 0 Å². The van der Waals surface area contributed by atoms with Crippen LogP contribution in [0, 0.1) is 27.7 Å². The lowest BCUT2D eigenvalue weighted by molar-refractivity contribution is -0.153. The molecule has 0 bridgehead atoms. The Balaban J connectivity index is 3.13. The highest BCUT2D eigenvalue weighted by Crippen LogP contribution is 2.29. The maximum atomic E-state index is 12.0. The molecule has 0 atom stereocenters. The third-order valence-corrected chi connectivity index (χ3v) is 3.61. The Morgan fingerprint density at radius 2 is 1.47 bits per heavy atom. The normalized spacial score (nSPS) is 11.5. The van der Waals surface area contributed by atoms with E-state index >= 15 is 0 Å². The van der Waals surface area contributed by atoms with Crippen molar-refractivity contribution >= 4 is 11.7 Å². The van der Waals surface area contributed by atoms with E-state index in [9.17, 15) is 4.79 Å². The smallest absolute Gasteiger partial charge is 0.310 e. The van der Waals surface area contributed by atoms with Crippen LogP contribution in [0.15, 0.2) is 0 Å². The van der Waals surface area contributed by atoms with Gasteiger partial charge < -0.3 is 10.5 Å². The summed E-state index contributed by atoms with van der Waals surface area (Å²) in [6.07, 6.45) is 0.233. The van der Waals surface area contributed by atoms with Gasteiger partial charge in [-0.3, -0.25) is 4.79 Å². The Labute approximate surface area is 116 Å². The highest BCUT2D eigenvalue weighted by atomic mass is 16.6. The van der Waals surface area contributed by atoms with Gasteiger partial charge in [0.1, 0.15) is 5.60 Å². The third-order valence-electron chi connectivity index (χ3n) is 3.61. The number of ether oxygens (including phenoxy) is 1. The second-order valence-corrected chi connectivity index (χ2v) is 6.16. The quantitative estimate of drug-likeness (QED) is 0.657. The van der Waals surface area contributed by atoms with Gasteiger partial charge in [0, 0.05) is 5.69 Å². The Hall–Kier alpha value is -1.51. The molecule has 0 aromatic heterocycles. The van der Waals surface area contributed by atoms with E-state index in [2.05, 4.69) is 13.8 Å². The SMILES string of the molecule is Cc1c(C)c(C)c(CC(=O)OC(C)(C)C)c(N)c1C. The number of hydrogen-bond donors (Lipinski definition) is 1. The van der Waals surface area contributed by atoms with Crippen molar-refractivity contribution in [2.45, 2.75) is 60.5 Å². The molecule has 0 saturated heterocycles. The molecule has 1 aromatic carbocycles. The van der Waals surface area contributed by atoms with Crippen LogP contribution in [-0.4, -0.2) is 11.6 Å². The lowest BCUT2D eigenvalue weighted by atomic mass is 9.91. The molecule has 1 aromatic rings. The zero-order valence-electron chi connectivity index (χ0n) is 13.1. The van der Waals surface area contributed by atoms with Crippen molar-refractivity contribution in [1.82, 2.24) is 0 Å². The first-order valence-corrected chi connectivity index (χ1v) is 6.61. The molecule has 19 heavy (non-hydrogen) atoms. The summed E-state index contributed by atoms with van der Waals surface area (Å²) >= 11 is 0. The largest absolute Gasteiger partial charge is 0.460 e. The Kier molecular flexibility index (Phi) is 4.28. The number of esters is 1. The molecule has 0 aliphatic heterocycles. The lowest BCUT2D eigenvalue weighted by Crippen LogP contribution is -2.25. The first kappa shape index (κ1) is 15.5. The van der Waals surface area contributed by atoms with E-state index < -0.39 is 5.60 Å². The maximum absolute atomic E-state index is 12.0. The summed E-state index contributed by atoms with van der Waals surface area (Å²) < 4.78 is 5.37. The third kappa shape index (κ3) is 3.49. The Bertz CT molecular complexity index is 481. The van der Waals surface area contributed by atoms with Crippen molar-refractivity contribution in [1.29, 1.82) is 0 Å². The fraction of sp³-hybridized carbons (Fsp3) is 0.562. The number of anilines is 1. The van der Waals surface area contributed by atoms with Crippen LogP contribution in [0.3, 0.4) is 0 Å². The molecule has 1 rings (SSSR count). The highest BCUT2D eigenvalue weighted by molar-refractivity contribution is 5.77. The second kappa shape index (κ2) is 5.24. The standard InChI is InChI=1S/C16H25NO2/c1-9-10(2)12(4)15(17)13(11(9)3)8-14(18)19-16(5,6)7/h8,17H2,1-7H3. The monoisotopic (exact) mass is 263 g/mol. The molecule has 0 spiro atoms. The topological polar surface area (TPSA) is 52.3 Å². The van der Waals surface area contributed by atoms with E-state index in [4.69, 9.17) is 10.5 Å². The highest BCUT2D eigenvalue weighted by Gasteiger charge is 2.20. The van der Waals surface area contributed by atoms with Crippen molar-refractivity contribution in [2.24, 2.45) is 0 Å². The van der Waals surface area contributed by atoms with Gasteiger partial charge in [-0.15, -0.1) is 0 Å². The molecule has 0 saturated carbocycles. The van der Waals surface area contributed by atoms with Gasteiger partial charge in [0.05, 0.1) is 6.42 Å². The van der Waals surface area contributed by atoms with Gasteiger partial charge in [-0.25, -0.2) is 0 Å². The van der Waals surface area contributed by atoms with Gasteiger partial charge in [-0.1, -0.05) is 0 Å². The van der Waals surface area contributed by atoms with Crippen LogP contribution in [0.4, 0.5) is 5.69 Å². The van der Waals surface area contributed by atoms with E-state index in [-0.39, 0.29) is 12.4 Å². The average molecular weight is 263 g/mol. The predicted molar refractivity (Wildman–Crippen MR) is 79.4 cm³/mol. The summed E-state index contributed by atoms with van der Waals surface area (Å²) in [7, 11) is 0. The van der Waals surface area contributed by atoms with Crippen LogP contribution in [0.2, 0.25) is 0 Å². The number of hydrogen-bond acceptors (Lipinski definition) is 3. The molecular weight excluding hydrogens is 238 g/mol. The van der Waals surface area contributed by atoms with Crippen molar-refractivity contribution in [3.8, 4) is 0 Å². The minimum atomic E-state index is -0.464. The minimum absolute atomic E-state index is 0.232. The number of carbonyl (C=O) groups is 1. The molecule has 3 heteroatoms. The van der Waals surface area contributed by atoms with Crippen LogP contribution >= 0.6 is 0 Å². The molecule has 0 aliphatic carbocycles. The number of nitrogens with two attached hydrogens (primary N) is 1. The maximum Gasteiger partial charge on any atom is 0.310 e. The summed E-state index contributed by atoms with van der Waals surface area (Å²) in [6, 6.07) is 0. The van der Waals surface area contributed by atoms with Crippen molar-refractivity contribution in [3.63, 3.8) is 0 Å². The summed E-state index contributed by atoms with van der Waals surface area (Å²) in [5.41, 5.74) is 11.8. The summed E-state index contributed by atoms with van der Waals surface area (Å²) in [6.45, 7) is 13.7. The van der Waals surface area contributed by atoms with Gasteiger partial charge in [-0.05, 0) is 76.3 Å². The first-order valence-electron chi connectivity index (χ1n) is 6.61. The van der Waals surface area contributed by atoms with E-state index in [1.165, 1.54) is 11.1 Å². The van der Waals surface area contributed by atoms with Gasteiger partial charge in [0.25, 0.3) is 0 Å². The number of carbonyl (C=O) groups excluding carboxylic acids is 1. The van der Waals surface area contributed by atoms with Crippen LogP contribution in [-0.2, 0) is 16.0 Å². The van der Waals surface area contributed by atoms with E-state index in [1.807, 2.05) is 34.6 Å². The zero-order chi connectivity index (χ0) is 15.0. The number of nitrogen functional groups attached to an aromatic ring is 1. The summed E-state index contributed by atoms with van der Waals surface area (Å²) in [4.78, 5) is 12.0. The minimum Gasteiger partial charge on any atom is -0.460 e. The first-order chi connectivity index (χ1) is 8.54. The Morgan fingerprint density at radius 3 is 1.95 bits per heavy atom. The summed E-state index contributed by atoms with van der Waals surface area (Å²) in [5, 5.41) is 0. The average Bonchev–Trinajstić information content (AvgIpc) is 2.27. The number of benzene rings is 1.